The molecule has 148 valence electrons. The zero-order valence-electron chi connectivity index (χ0n) is 16.1. The van der Waals surface area contributed by atoms with E-state index >= 15 is 0 Å². The third kappa shape index (κ3) is 4.38. The van der Waals surface area contributed by atoms with Crippen molar-refractivity contribution in [2.45, 2.75) is 25.3 Å². The summed E-state index contributed by atoms with van der Waals surface area (Å²) in [5, 5.41) is 0. The molecule has 0 spiro atoms. The van der Waals surface area contributed by atoms with Gasteiger partial charge in [0.05, 0.1) is 24.5 Å². The van der Waals surface area contributed by atoms with Gasteiger partial charge in [-0.25, -0.2) is 15.0 Å². The minimum atomic E-state index is -0.886. The van der Waals surface area contributed by atoms with Crippen LogP contribution in [0.2, 0.25) is 0 Å². The normalized spacial score (nSPS) is 18.7. The van der Waals surface area contributed by atoms with Gasteiger partial charge >= 0.3 is 0 Å². The highest BCUT2D eigenvalue weighted by atomic mass is 16.5. The van der Waals surface area contributed by atoms with Crippen molar-refractivity contribution in [3.8, 4) is 18.2 Å². The van der Waals surface area contributed by atoms with Crippen LogP contribution in [0.4, 0.5) is 0 Å². The fraction of sp³-hybridized carbons (Fsp3) is 0.300. The summed E-state index contributed by atoms with van der Waals surface area (Å²) in [6.45, 7) is 1.87. The maximum atomic E-state index is 12.5. The predicted octanol–water partition coefficient (Wildman–Crippen LogP) is 0.701. The average Bonchev–Trinajstić information content (AvgIpc) is 2.71. The summed E-state index contributed by atoms with van der Waals surface area (Å²) < 4.78 is 5.14. The Morgan fingerprint density at radius 1 is 1.38 bits per heavy atom. The van der Waals surface area contributed by atoms with E-state index < -0.39 is 5.54 Å². The van der Waals surface area contributed by atoms with Gasteiger partial charge < -0.3 is 10.5 Å². The Hall–Kier alpha value is -3.80. The zero-order chi connectivity index (χ0) is 21.0. The third-order valence-electron chi connectivity index (χ3n) is 4.53. The van der Waals surface area contributed by atoms with Gasteiger partial charge in [-0.1, -0.05) is 5.92 Å². The molecule has 3 rings (SSSR count). The number of terminal acetylenes is 1. The van der Waals surface area contributed by atoms with Crippen LogP contribution in [-0.2, 0) is 16.8 Å². The van der Waals surface area contributed by atoms with Crippen LogP contribution in [0, 0.1) is 12.3 Å². The summed E-state index contributed by atoms with van der Waals surface area (Å²) in [6.07, 6.45) is 9.63. The number of aromatic nitrogens is 3. The molecule has 1 amide bonds. The Bertz CT molecular complexity index is 1010. The van der Waals surface area contributed by atoms with Crippen LogP contribution in [-0.4, -0.2) is 51.2 Å². The molecule has 1 unspecified atom stereocenters. The highest BCUT2D eigenvalue weighted by Gasteiger charge is 2.37. The number of guanidine groups is 1. The molecule has 2 aromatic heterocycles. The quantitative estimate of drug-likeness (QED) is 0.567. The summed E-state index contributed by atoms with van der Waals surface area (Å²) in [5.41, 5.74) is 6.46. The first-order chi connectivity index (χ1) is 13.8. The topological polar surface area (TPSA) is 124 Å². The van der Waals surface area contributed by atoms with Crippen molar-refractivity contribution in [2.24, 2.45) is 10.7 Å². The van der Waals surface area contributed by atoms with Crippen LogP contribution < -0.4 is 10.5 Å². The van der Waals surface area contributed by atoms with Crippen molar-refractivity contribution >= 4 is 17.6 Å². The van der Waals surface area contributed by atoms with E-state index in [4.69, 9.17) is 16.9 Å². The lowest BCUT2D eigenvalue weighted by Gasteiger charge is -2.32. The maximum Gasteiger partial charge on any atom is 0.233 e. The van der Waals surface area contributed by atoms with E-state index in [1.807, 2.05) is 0 Å². The molecule has 1 aliphatic rings. The Balaban J connectivity index is 1.77. The molecule has 0 saturated heterocycles. The smallest absolute Gasteiger partial charge is 0.233 e. The van der Waals surface area contributed by atoms with Gasteiger partial charge in [0, 0.05) is 19.7 Å². The second-order valence-electron chi connectivity index (χ2n) is 6.76. The molecule has 0 bridgehead atoms. The summed E-state index contributed by atoms with van der Waals surface area (Å²) >= 11 is 0. The number of rotatable bonds is 6. The third-order valence-corrected chi connectivity index (χ3v) is 4.53. The molecular formula is C20H20N6O3. The molecule has 1 aliphatic heterocycles. The van der Waals surface area contributed by atoms with Gasteiger partial charge in [0.25, 0.3) is 0 Å². The van der Waals surface area contributed by atoms with E-state index in [1.165, 1.54) is 17.3 Å². The lowest BCUT2D eigenvalue weighted by molar-refractivity contribution is -0.128. The van der Waals surface area contributed by atoms with Crippen LogP contribution in [0.1, 0.15) is 35.1 Å². The van der Waals surface area contributed by atoms with E-state index in [2.05, 4.69) is 25.9 Å². The number of carbonyl (C=O) groups excluding carboxylic acids is 2. The first-order valence-corrected chi connectivity index (χ1v) is 8.81. The Labute approximate surface area is 168 Å². The van der Waals surface area contributed by atoms with Crippen LogP contribution >= 0.6 is 0 Å². The number of hydrogen-bond acceptors (Lipinski definition) is 8. The molecule has 2 aromatic rings. The summed E-state index contributed by atoms with van der Waals surface area (Å²) in [5.74, 6) is 2.35. The second-order valence-corrected chi connectivity index (χ2v) is 6.76. The highest BCUT2D eigenvalue weighted by molar-refractivity contribution is 5.98. The van der Waals surface area contributed by atoms with Gasteiger partial charge in [0.1, 0.15) is 11.2 Å². The molecule has 2 N–H and O–H groups in total. The molecule has 1 atom stereocenters. The minimum absolute atomic E-state index is 0.0752. The fourth-order valence-electron chi connectivity index (χ4n) is 2.86. The van der Waals surface area contributed by atoms with Crippen LogP contribution in [0.3, 0.4) is 0 Å². The van der Waals surface area contributed by atoms with Crippen LogP contribution in [0.5, 0.6) is 5.88 Å². The van der Waals surface area contributed by atoms with E-state index in [0.29, 0.717) is 5.69 Å². The second kappa shape index (κ2) is 8.06. The molecule has 0 saturated carbocycles. The molecule has 9 heteroatoms. The lowest BCUT2D eigenvalue weighted by atomic mass is 9.90. The SMILES string of the molecule is C#CCOc1cnc(C(=O)Cc2ccnc(C3(C)CC(=O)N(C)C(N)=N3)c2)cn1. The highest BCUT2D eigenvalue weighted by Crippen LogP contribution is 2.31. The molecule has 9 nitrogen and oxygen atoms in total. The van der Waals surface area contributed by atoms with E-state index in [1.54, 1.807) is 32.3 Å². The number of ether oxygens (including phenoxy) is 1. The van der Waals surface area contributed by atoms with Crippen molar-refractivity contribution in [3.05, 3.63) is 47.7 Å². The fourth-order valence-corrected chi connectivity index (χ4v) is 2.86. The monoisotopic (exact) mass is 392 g/mol. The Morgan fingerprint density at radius 2 is 2.17 bits per heavy atom. The van der Waals surface area contributed by atoms with Crippen molar-refractivity contribution in [2.75, 3.05) is 13.7 Å². The number of pyridine rings is 1. The van der Waals surface area contributed by atoms with Crippen LogP contribution in [0.15, 0.2) is 35.7 Å². The minimum Gasteiger partial charge on any atom is -0.463 e. The largest absolute Gasteiger partial charge is 0.463 e. The van der Waals surface area contributed by atoms with Gasteiger partial charge in [-0.05, 0) is 24.6 Å². The number of Topliss-reactive ketones (excluding diaryl/α,β-unsaturated/α-hetero) is 1. The van der Waals surface area contributed by atoms with E-state index in [9.17, 15) is 9.59 Å². The molecular weight excluding hydrogens is 372 g/mol. The van der Waals surface area contributed by atoms with Crippen molar-refractivity contribution in [1.29, 1.82) is 0 Å². The molecule has 3 heterocycles. The number of ketones is 1. The number of aliphatic imine (C=N–C) groups is 1. The number of carbonyl (C=O) groups is 2. The first-order valence-electron chi connectivity index (χ1n) is 8.81. The van der Waals surface area contributed by atoms with Crippen molar-refractivity contribution in [1.82, 2.24) is 19.9 Å². The standard InChI is InChI=1S/C20H20N6O3/c1-4-7-29-17-12-23-14(11-24-17)15(27)8-13-5-6-22-16(9-13)20(2)10-18(28)26(3)19(21)25-20/h1,5-6,9,11-12H,7-8,10H2,2-3H3,(H2,21,25). The summed E-state index contributed by atoms with van der Waals surface area (Å²) in [4.78, 5) is 42.9. The van der Waals surface area contributed by atoms with Crippen LogP contribution in [0.25, 0.3) is 0 Å². The Morgan fingerprint density at radius 3 is 2.83 bits per heavy atom. The zero-order valence-corrected chi connectivity index (χ0v) is 16.1. The summed E-state index contributed by atoms with van der Waals surface area (Å²) in [7, 11) is 1.58. The average molecular weight is 392 g/mol. The number of nitrogens with zero attached hydrogens (tertiary/aromatic N) is 5. The molecule has 0 aliphatic carbocycles. The van der Waals surface area contributed by atoms with Gasteiger partial charge in [0.2, 0.25) is 11.8 Å². The van der Waals surface area contributed by atoms with Crippen molar-refractivity contribution in [3.63, 3.8) is 0 Å². The predicted molar refractivity (Wildman–Crippen MR) is 105 cm³/mol. The summed E-state index contributed by atoms with van der Waals surface area (Å²) in [6, 6.07) is 3.48. The molecule has 0 radical (unpaired) electrons. The van der Waals surface area contributed by atoms with E-state index in [-0.39, 0.29) is 48.7 Å². The first kappa shape index (κ1) is 19.9. The lowest BCUT2D eigenvalue weighted by Crippen LogP contribution is -2.47. The molecule has 0 aromatic carbocycles. The van der Waals surface area contributed by atoms with Gasteiger partial charge in [-0.3, -0.25) is 19.5 Å². The van der Waals surface area contributed by atoms with Gasteiger partial charge in [-0.15, -0.1) is 6.42 Å². The maximum absolute atomic E-state index is 12.5. The Kier molecular flexibility index (Phi) is 5.54. The number of amides is 1. The van der Waals surface area contributed by atoms with Crippen molar-refractivity contribution < 1.29 is 14.3 Å². The van der Waals surface area contributed by atoms with E-state index in [0.717, 1.165) is 5.56 Å². The molecule has 0 fully saturated rings. The van der Waals surface area contributed by atoms with Gasteiger partial charge in [0.15, 0.2) is 18.3 Å². The number of hydrogen-bond donors (Lipinski definition) is 1. The van der Waals surface area contributed by atoms with Gasteiger partial charge in [-0.2, -0.15) is 0 Å². The molecule has 29 heavy (non-hydrogen) atoms. The number of nitrogens with two attached hydrogens (primary N) is 1.